The zero-order chi connectivity index (χ0) is 15.3. The minimum Gasteiger partial charge on any atom is -0.355 e. The highest BCUT2D eigenvalue weighted by Crippen LogP contribution is 2.49. The molecule has 1 aliphatic rings. The summed E-state index contributed by atoms with van der Waals surface area (Å²) in [7, 11) is 0. The van der Waals surface area contributed by atoms with E-state index in [2.05, 4.69) is 50.4 Å². The Bertz CT molecular complexity index is 452. The topological polar surface area (TPSA) is 29.1 Å². The Morgan fingerprint density at radius 2 is 1.71 bits per heavy atom. The molecule has 1 aliphatic carbocycles. The quantitative estimate of drug-likeness (QED) is 0.877. The Balaban J connectivity index is 1.96. The van der Waals surface area contributed by atoms with Gasteiger partial charge in [-0.25, -0.2) is 0 Å². The number of carbonyl (C=O) groups is 1. The van der Waals surface area contributed by atoms with Gasteiger partial charge in [-0.1, -0.05) is 70.4 Å². The van der Waals surface area contributed by atoms with Gasteiger partial charge in [-0.2, -0.15) is 0 Å². The monoisotopic (exact) mass is 287 g/mol. The van der Waals surface area contributed by atoms with E-state index in [1.54, 1.807) is 0 Å². The van der Waals surface area contributed by atoms with Crippen molar-refractivity contribution in [1.29, 1.82) is 0 Å². The fourth-order valence-electron chi connectivity index (χ4n) is 3.61. The van der Waals surface area contributed by atoms with Crippen LogP contribution in [-0.2, 0) is 11.2 Å². The zero-order valence-corrected chi connectivity index (χ0v) is 13.7. The van der Waals surface area contributed by atoms with Gasteiger partial charge in [0.2, 0.25) is 5.91 Å². The van der Waals surface area contributed by atoms with Crippen LogP contribution in [0.2, 0.25) is 0 Å². The lowest BCUT2D eigenvalue weighted by Crippen LogP contribution is -2.50. The molecule has 0 unspecified atom stereocenters. The Hall–Kier alpha value is -1.31. The molecular weight excluding hydrogens is 258 g/mol. The van der Waals surface area contributed by atoms with Crippen molar-refractivity contribution in [2.45, 2.75) is 59.3 Å². The SMILES string of the molecule is CC(C)(C)C1(C(=O)NCCc2ccccc2)CCCCC1. The third-order valence-electron chi connectivity index (χ3n) is 5.12. The molecule has 116 valence electrons. The van der Waals surface area contributed by atoms with Crippen LogP contribution in [-0.4, -0.2) is 12.5 Å². The smallest absolute Gasteiger partial charge is 0.226 e. The maximum Gasteiger partial charge on any atom is 0.226 e. The summed E-state index contributed by atoms with van der Waals surface area (Å²) in [6.07, 6.45) is 6.62. The largest absolute Gasteiger partial charge is 0.355 e. The molecule has 1 amide bonds. The highest BCUT2D eigenvalue weighted by atomic mass is 16.2. The average Bonchev–Trinajstić information content (AvgIpc) is 2.48. The van der Waals surface area contributed by atoms with E-state index in [0.29, 0.717) is 0 Å². The highest BCUT2D eigenvalue weighted by molar-refractivity contribution is 5.83. The van der Waals surface area contributed by atoms with Crippen LogP contribution in [0, 0.1) is 10.8 Å². The summed E-state index contributed by atoms with van der Waals surface area (Å²) >= 11 is 0. The molecule has 1 aromatic rings. The predicted molar refractivity (Wildman–Crippen MR) is 88.1 cm³/mol. The van der Waals surface area contributed by atoms with Crippen molar-refractivity contribution < 1.29 is 4.79 Å². The minimum atomic E-state index is -0.179. The van der Waals surface area contributed by atoms with E-state index in [9.17, 15) is 4.79 Å². The van der Waals surface area contributed by atoms with E-state index in [0.717, 1.165) is 25.8 Å². The molecule has 0 spiro atoms. The van der Waals surface area contributed by atoms with Gasteiger partial charge in [0.1, 0.15) is 0 Å². The molecule has 0 aliphatic heterocycles. The van der Waals surface area contributed by atoms with Crippen LogP contribution in [0.1, 0.15) is 58.4 Å². The molecule has 0 atom stereocenters. The van der Waals surface area contributed by atoms with Crippen molar-refractivity contribution in [2.24, 2.45) is 10.8 Å². The Morgan fingerprint density at radius 3 is 2.29 bits per heavy atom. The van der Waals surface area contributed by atoms with Crippen molar-refractivity contribution >= 4 is 5.91 Å². The summed E-state index contributed by atoms with van der Waals surface area (Å²) in [5, 5.41) is 3.21. The van der Waals surface area contributed by atoms with Gasteiger partial charge in [0.15, 0.2) is 0 Å². The third-order valence-corrected chi connectivity index (χ3v) is 5.12. The maximum atomic E-state index is 12.8. The van der Waals surface area contributed by atoms with Crippen molar-refractivity contribution in [1.82, 2.24) is 5.32 Å². The van der Waals surface area contributed by atoms with Crippen LogP contribution in [0.15, 0.2) is 30.3 Å². The van der Waals surface area contributed by atoms with Crippen molar-refractivity contribution in [3.63, 3.8) is 0 Å². The van der Waals surface area contributed by atoms with Crippen molar-refractivity contribution in [3.05, 3.63) is 35.9 Å². The minimum absolute atomic E-state index is 0.0320. The van der Waals surface area contributed by atoms with Gasteiger partial charge in [0.25, 0.3) is 0 Å². The Morgan fingerprint density at radius 1 is 1.10 bits per heavy atom. The predicted octanol–water partition coefficient (Wildman–Crippen LogP) is 4.34. The molecule has 1 N–H and O–H groups in total. The molecule has 0 saturated heterocycles. The molecule has 0 radical (unpaired) electrons. The lowest BCUT2D eigenvalue weighted by Gasteiger charge is -2.46. The van der Waals surface area contributed by atoms with Gasteiger partial charge in [0.05, 0.1) is 5.41 Å². The van der Waals surface area contributed by atoms with E-state index < -0.39 is 0 Å². The van der Waals surface area contributed by atoms with Gasteiger partial charge in [0, 0.05) is 6.54 Å². The summed E-state index contributed by atoms with van der Waals surface area (Å²) in [4.78, 5) is 12.8. The van der Waals surface area contributed by atoms with Crippen LogP contribution in [0.5, 0.6) is 0 Å². The maximum absolute atomic E-state index is 12.8. The fraction of sp³-hybridized carbons (Fsp3) is 0.632. The molecule has 1 fully saturated rings. The number of hydrogen-bond acceptors (Lipinski definition) is 1. The zero-order valence-electron chi connectivity index (χ0n) is 13.7. The number of benzene rings is 1. The van der Waals surface area contributed by atoms with Crippen LogP contribution in [0.4, 0.5) is 0 Å². The first kappa shape index (κ1) is 16.1. The lowest BCUT2D eigenvalue weighted by atomic mass is 9.59. The Labute approximate surface area is 129 Å². The molecule has 0 aromatic heterocycles. The van der Waals surface area contributed by atoms with Crippen LogP contribution < -0.4 is 5.32 Å². The Kier molecular flexibility index (Phi) is 5.08. The fourth-order valence-corrected chi connectivity index (χ4v) is 3.61. The van der Waals surface area contributed by atoms with Crippen LogP contribution >= 0.6 is 0 Å². The van der Waals surface area contributed by atoms with Gasteiger partial charge < -0.3 is 5.32 Å². The first-order valence-electron chi connectivity index (χ1n) is 8.28. The summed E-state index contributed by atoms with van der Waals surface area (Å²) in [5.74, 6) is 0.269. The van der Waals surface area contributed by atoms with Gasteiger partial charge >= 0.3 is 0 Å². The highest BCUT2D eigenvalue weighted by Gasteiger charge is 2.48. The molecular formula is C19H29NO. The van der Waals surface area contributed by atoms with Crippen LogP contribution in [0.3, 0.4) is 0 Å². The molecule has 0 bridgehead atoms. The van der Waals surface area contributed by atoms with Gasteiger partial charge in [-0.15, -0.1) is 0 Å². The molecule has 21 heavy (non-hydrogen) atoms. The standard InChI is InChI=1S/C19H29NO/c1-18(2,3)19(13-8-5-9-14-19)17(21)20-15-12-16-10-6-4-7-11-16/h4,6-7,10-11H,5,8-9,12-15H2,1-3H3,(H,20,21). The van der Waals surface area contributed by atoms with Gasteiger partial charge in [-0.05, 0) is 30.2 Å². The molecule has 0 heterocycles. The molecule has 2 heteroatoms. The summed E-state index contributed by atoms with van der Waals surface area (Å²) in [6.45, 7) is 7.39. The van der Waals surface area contributed by atoms with E-state index in [1.165, 1.54) is 24.8 Å². The second-order valence-corrected chi connectivity index (χ2v) is 7.38. The number of hydrogen-bond donors (Lipinski definition) is 1. The van der Waals surface area contributed by atoms with E-state index in [4.69, 9.17) is 0 Å². The summed E-state index contributed by atoms with van der Waals surface area (Å²) in [6, 6.07) is 10.4. The summed E-state index contributed by atoms with van der Waals surface area (Å²) < 4.78 is 0. The number of nitrogens with one attached hydrogen (secondary N) is 1. The first-order valence-corrected chi connectivity index (χ1v) is 8.28. The molecule has 2 nitrogen and oxygen atoms in total. The number of rotatable bonds is 4. The first-order chi connectivity index (χ1) is 9.96. The normalized spacial score (nSPS) is 18.2. The molecule has 1 saturated carbocycles. The summed E-state index contributed by atoms with van der Waals surface area (Å²) in [5.41, 5.74) is 1.14. The molecule has 2 rings (SSSR count). The number of amides is 1. The lowest BCUT2D eigenvalue weighted by molar-refractivity contribution is -0.140. The third kappa shape index (κ3) is 3.66. The van der Waals surface area contributed by atoms with E-state index in [-0.39, 0.29) is 16.7 Å². The second kappa shape index (κ2) is 6.64. The van der Waals surface area contributed by atoms with E-state index in [1.807, 2.05) is 6.07 Å². The second-order valence-electron chi connectivity index (χ2n) is 7.38. The number of carbonyl (C=O) groups excluding carboxylic acids is 1. The molecule has 1 aromatic carbocycles. The van der Waals surface area contributed by atoms with Crippen molar-refractivity contribution in [2.75, 3.05) is 6.54 Å². The van der Waals surface area contributed by atoms with E-state index >= 15 is 0 Å². The van der Waals surface area contributed by atoms with Crippen LogP contribution in [0.25, 0.3) is 0 Å². The average molecular weight is 287 g/mol. The van der Waals surface area contributed by atoms with Crippen molar-refractivity contribution in [3.8, 4) is 0 Å². The van der Waals surface area contributed by atoms with Gasteiger partial charge in [-0.3, -0.25) is 4.79 Å².